The summed E-state index contributed by atoms with van der Waals surface area (Å²) in [6, 6.07) is 12.8. The number of phenolic OH excluding ortho intramolecular Hbond substituents is 1. The fraction of sp³-hybridized carbons (Fsp3) is 0.0625. The molecule has 3 rings (SSSR count). The van der Waals surface area contributed by atoms with Crippen LogP contribution in [0.4, 0.5) is 0 Å². The summed E-state index contributed by atoms with van der Waals surface area (Å²) in [5.74, 6) is 0.266. The van der Waals surface area contributed by atoms with Gasteiger partial charge >= 0.3 is 0 Å². The highest BCUT2D eigenvalue weighted by Gasteiger charge is 2.12. The molecule has 0 radical (unpaired) electrons. The first-order valence-corrected chi connectivity index (χ1v) is 6.33. The van der Waals surface area contributed by atoms with Crippen LogP contribution in [0.3, 0.4) is 0 Å². The van der Waals surface area contributed by atoms with Crippen LogP contribution in [-0.4, -0.2) is 22.2 Å². The van der Waals surface area contributed by atoms with E-state index in [1.54, 1.807) is 36.4 Å². The van der Waals surface area contributed by atoms with Crippen molar-refractivity contribution in [2.45, 2.75) is 0 Å². The number of nitrogens with zero attached hydrogens (tertiary/aromatic N) is 1. The highest BCUT2D eigenvalue weighted by Crippen LogP contribution is 2.31. The summed E-state index contributed by atoms with van der Waals surface area (Å²) in [6.07, 6.45) is 0. The van der Waals surface area contributed by atoms with Crippen molar-refractivity contribution in [3.8, 4) is 22.8 Å². The van der Waals surface area contributed by atoms with Gasteiger partial charge in [0.1, 0.15) is 0 Å². The Labute approximate surface area is 120 Å². The standard InChI is InChI=1S/C16H13NO4/c1-21-16-8-10(6-7-14(16)18)13-9-15(19)11-4-2-3-5-12(11)17(13)20/h2-9,18,20H,1H3. The summed E-state index contributed by atoms with van der Waals surface area (Å²) in [4.78, 5) is 12.1. The van der Waals surface area contributed by atoms with E-state index < -0.39 is 0 Å². The molecule has 0 aliphatic rings. The van der Waals surface area contributed by atoms with E-state index in [1.165, 1.54) is 19.2 Å². The summed E-state index contributed by atoms with van der Waals surface area (Å²) >= 11 is 0. The first kappa shape index (κ1) is 13.1. The summed E-state index contributed by atoms with van der Waals surface area (Å²) in [6.45, 7) is 0. The Balaban J connectivity index is 2.31. The van der Waals surface area contributed by atoms with Crippen molar-refractivity contribution in [2.75, 3.05) is 7.11 Å². The van der Waals surface area contributed by atoms with Crippen molar-refractivity contribution < 1.29 is 15.1 Å². The average Bonchev–Trinajstić information content (AvgIpc) is 2.51. The molecule has 0 amide bonds. The maximum Gasteiger partial charge on any atom is 0.190 e. The monoisotopic (exact) mass is 283 g/mol. The van der Waals surface area contributed by atoms with E-state index in [-0.39, 0.29) is 16.9 Å². The Morgan fingerprint density at radius 2 is 1.86 bits per heavy atom. The van der Waals surface area contributed by atoms with E-state index in [0.717, 1.165) is 4.73 Å². The van der Waals surface area contributed by atoms with Gasteiger partial charge in [0.05, 0.1) is 18.3 Å². The van der Waals surface area contributed by atoms with E-state index in [2.05, 4.69) is 0 Å². The molecule has 0 fully saturated rings. The summed E-state index contributed by atoms with van der Waals surface area (Å²) in [7, 11) is 1.44. The summed E-state index contributed by atoms with van der Waals surface area (Å²) in [5, 5.41) is 20.4. The van der Waals surface area contributed by atoms with Gasteiger partial charge < -0.3 is 15.1 Å². The third-order valence-corrected chi connectivity index (χ3v) is 3.37. The Kier molecular flexibility index (Phi) is 3.02. The zero-order valence-corrected chi connectivity index (χ0v) is 11.3. The van der Waals surface area contributed by atoms with Gasteiger partial charge in [-0.25, -0.2) is 0 Å². The molecular formula is C16H13NO4. The van der Waals surface area contributed by atoms with Gasteiger partial charge in [0.25, 0.3) is 0 Å². The molecule has 2 aromatic carbocycles. The fourth-order valence-corrected chi connectivity index (χ4v) is 2.30. The summed E-state index contributed by atoms with van der Waals surface area (Å²) < 4.78 is 6.01. The molecule has 1 aromatic heterocycles. The van der Waals surface area contributed by atoms with Crippen LogP contribution in [0.1, 0.15) is 0 Å². The topological polar surface area (TPSA) is 71.7 Å². The fourth-order valence-electron chi connectivity index (χ4n) is 2.30. The minimum atomic E-state index is -0.182. The van der Waals surface area contributed by atoms with E-state index in [0.29, 0.717) is 22.2 Å². The zero-order chi connectivity index (χ0) is 15.0. The molecule has 2 N–H and O–H groups in total. The lowest BCUT2D eigenvalue weighted by Crippen LogP contribution is -2.09. The van der Waals surface area contributed by atoms with E-state index in [9.17, 15) is 15.1 Å². The van der Waals surface area contributed by atoms with Crippen molar-refractivity contribution in [1.29, 1.82) is 0 Å². The smallest absolute Gasteiger partial charge is 0.190 e. The number of fused-ring (bicyclic) bond motifs is 1. The van der Waals surface area contributed by atoms with Crippen LogP contribution >= 0.6 is 0 Å². The Morgan fingerprint density at radius 3 is 2.62 bits per heavy atom. The second-order valence-electron chi connectivity index (χ2n) is 4.61. The van der Waals surface area contributed by atoms with E-state index in [4.69, 9.17) is 4.74 Å². The number of aromatic hydroxyl groups is 1. The minimum absolute atomic E-state index is 0.00567. The number of aromatic nitrogens is 1. The van der Waals surface area contributed by atoms with Crippen molar-refractivity contribution in [1.82, 2.24) is 4.73 Å². The van der Waals surface area contributed by atoms with Crippen LogP contribution in [0.15, 0.2) is 53.3 Å². The number of pyridine rings is 1. The quantitative estimate of drug-likeness (QED) is 0.709. The average molecular weight is 283 g/mol. The maximum atomic E-state index is 12.1. The molecule has 0 aliphatic heterocycles. The highest BCUT2D eigenvalue weighted by atomic mass is 16.5. The van der Waals surface area contributed by atoms with Gasteiger partial charge in [-0.05, 0) is 30.3 Å². The molecule has 106 valence electrons. The first-order valence-electron chi connectivity index (χ1n) is 6.33. The normalized spacial score (nSPS) is 10.7. The van der Waals surface area contributed by atoms with Crippen molar-refractivity contribution in [3.63, 3.8) is 0 Å². The van der Waals surface area contributed by atoms with E-state index in [1.807, 2.05) is 0 Å². The van der Waals surface area contributed by atoms with Gasteiger partial charge in [-0.2, -0.15) is 4.73 Å². The molecule has 0 aliphatic carbocycles. The van der Waals surface area contributed by atoms with Gasteiger partial charge in [0.15, 0.2) is 16.9 Å². The molecule has 21 heavy (non-hydrogen) atoms. The number of hydrogen-bond acceptors (Lipinski definition) is 4. The molecule has 5 heteroatoms. The van der Waals surface area contributed by atoms with Gasteiger partial charge in [-0.3, -0.25) is 4.79 Å². The number of methoxy groups -OCH3 is 1. The predicted molar refractivity (Wildman–Crippen MR) is 79.0 cm³/mol. The number of phenols is 1. The van der Waals surface area contributed by atoms with Crippen molar-refractivity contribution >= 4 is 10.9 Å². The Hall–Kier alpha value is -2.95. The minimum Gasteiger partial charge on any atom is -0.504 e. The van der Waals surface area contributed by atoms with Crippen LogP contribution in [0, 0.1) is 0 Å². The van der Waals surface area contributed by atoms with Crippen molar-refractivity contribution in [2.24, 2.45) is 0 Å². The SMILES string of the molecule is COc1cc(-c2cc(=O)c3ccccc3n2O)ccc1O. The molecule has 0 bridgehead atoms. The largest absolute Gasteiger partial charge is 0.504 e. The molecule has 0 spiro atoms. The van der Waals surface area contributed by atoms with Crippen molar-refractivity contribution in [3.05, 3.63) is 58.8 Å². The summed E-state index contributed by atoms with van der Waals surface area (Å²) in [5.41, 5.74) is 1.14. The third-order valence-electron chi connectivity index (χ3n) is 3.37. The number of para-hydroxylation sites is 1. The molecule has 3 aromatic rings. The Bertz CT molecular complexity index is 883. The van der Waals surface area contributed by atoms with Gasteiger partial charge in [-0.15, -0.1) is 0 Å². The lowest BCUT2D eigenvalue weighted by molar-refractivity contribution is 0.203. The zero-order valence-electron chi connectivity index (χ0n) is 11.3. The Morgan fingerprint density at radius 1 is 1.10 bits per heavy atom. The molecule has 0 unspecified atom stereocenters. The first-order chi connectivity index (χ1) is 10.1. The van der Waals surface area contributed by atoms with Gasteiger partial charge in [0, 0.05) is 17.0 Å². The van der Waals surface area contributed by atoms with Crippen LogP contribution in [0.5, 0.6) is 11.5 Å². The predicted octanol–water partition coefficient (Wildman–Crippen LogP) is 2.62. The molecule has 1 heterocycles. The number of benzene rings is 2. The van der Waals surface area contributed by atoms with Crippen LogP contribution in [-0.2, 0) is 0 Å². The highest BCUT2D eigenvalue weighted by molar-refractivity contribution is 5.82. The van der Waals surface area contributed by atoms with Crippen LogP contribution in [0.2, 0.25) is 0 Å². The number of rotatable bonds is 2. The van der Waals surface area contributed by atoms with Crippen LogP contribution < -0.4 is 10.2 Å². The third kappa shape index (κ3) is 2.08. The second kappa shape index (κ2) is 4.86. The van der Waals surface area contributed by atoms with E-state index >= 15 is 0 Å². The second-order valence-corrected chi connectivity index (χ2v) is 4.61. The lowest BCUT2D eigenvalue weighted by Gasteiger charge is -2.12. The lowest BCUT2D eigenvalue weighted by atomic mass is 10.1. The molecular weight excluding hydrogens is 270 g/mol. The van der Waals surface area contributed by atoms with Gasteiger partial charge in [-0.1, -0.05) is 12.1 Å². The van der Waals surface area contributed by atoms with Crippen LogP contribution in [0.25, 0.3) is 22.2 Å². The molecule has 0 saturated heterocycles. The maximum absolute atomic E-state index is 12.1. The molecule has 5 nitrogen and oxygen atoms in total. The molecule has 0 atom stereocenters. The number of hydrogen-bond donors (Lipinski definition) is 2. The molecule has 0 saturated carbocycles. The van der Waals surface area contributed by atoms with Gasteiger partial charge in [0.2, 0.25) is 0 Å². The number of ether oxygens (including phenoxy) is 1.